The van der Waals surface area contributed by atoms with E-state index in [1.807, 2.05) is 0 Å². The SMILES string of the molecule is CC(=O)N(c1ccc(Cl)c(Cl)c1)c1nc(C[NH+]2CCCCCC2)cs1. The average molecular weight is 399 g/mol. The van der Waals surface area contributed by atoms with Crippen molar-refractivity contribution in [1.82, 2.24) is 4.98 Å². The molecule has 25 heavy (non-hydrogen) atoms. The first-order valence-corrected chi connectivity index (χ1v) is 10.2. The van der Waals surface area contributed by atoms with Crippen molar-refractivity contribution in [2.75, 3.05) is 18.0 Å². The van der Waals surface area contributed by atoms with Gasteiger partial charge < -0.3 is 4.90 Å². The molecule has 1 amide bonds. The number of carbonyl (C=O) groups excluding carboxylic acids is 1. The molecular formula is C18H22Cl2N3OS+. The van der Waals surface area contributed by atoms with Gasteiger partial charge in [0.25, 0.3) is 0 Å². The summed E-state index contributed by atoms with van der Waals surface area (Å²) in [5.41, 5.74) is 1.73. The summed E-state index contributed by atoms with van der Waals surface area (Å²) in [4.78, 5) is 20.1. The number of thiazole rings is 1. The van der Waals surface area contributed by atoms with Crippen LogP contribution in [-0.2, 0) is 11.3 Å². The summed E-state index contributed by atoms with van der Waals surface area (Å²) in [6.45, 7) is 4.86. The van der Waals surface area contributed by atoms with Gasteiger partial charge in [0.2, 0.25) is 5.91 Å². The highest BCUT2D eigenvalue weighted by Crippen LogP contribution is 2.33. The molecule has 1 aromatic carbocycles. The van der Waals surface area contributed by atoms with E-state index in [9.17, 15) is 4.79 Å². The first-order chi connectivity index (χ1) is 12.0. The van der Waals surface area contributed by atoms with Crippen LogP contribution in [0.4, 0.5) is 10.8 Å². The number of quaternary nitrogens is 1. The molecule has 2 heterocycles. The highest BCUT2D eigenvalue weighted by molar-refractivity contribution is 7.14. The van der Waals surface area contributed by atoms with E-state index in [1.54, 1.807) is 28.0 Å². The van der Waals surface area contributed by atoms with E-state index in [1.165, 1.54) is 57.0 Å². The second-order valence-corrected chi connectivity index (χ2v) is 8.07. The standard InChI is InChI=1S/C18H21Cl2N3OS/c1-13(24)23(15-6-7-16(19)17(20)10-15)18-21-14(12-25-18)11-22-8-4-2-3-5-9-22/h6-7,10,12H,2-5,8-9,11H2,1H3/p+1. The molecule has 3 rings (SSSR count). The number of amides is 1. The largest absolute Gasteiger partial charge is 0.330 e. The summed E-state index contributed by atoms with van der Waals surface area (Å²) in [5.74, 6) is -0.0959. The summed E-state index contributed by atoms with van der Waals surface area (Å²) in [5, 5.41) is 3.63. The fraction of sp³-hybridized carbons (Fsp3) is 0.444. The minimum Gasteiger partial charge on any atom is -0.330 e. The second kappa shape index (κ2) is 8.49. The number of hydrogen-bond donors (Lipinski definition) is 1. The smallest absolute Gasteiger partial charge is 0.230 e. The monoisotopic (exact) mass is 398 g/mol. The average Bonchev–Trinajstić information content (AvgIpc) is 2.85. The third kappa shape index (κ3) is 4.73. The van der Waals surface area contributed by atoms with Gasteiger partial charge in [-0.05, 0) is 43.9 Å². The van der Waals surface area contributed by atoms with Gasteiger partial charge in [-0.3, -0.25) is 9.69 Å². The first-order valence-electron chi connectivity index (χ1n) is 8.58. The van der Waals surface area contributed by atoms with Gasteiger partial charge in [0.1, 0.15) is 12.2 Å². The molecule has 0 saturated carbocycles. The molecule has 1 aromatic heterocycles. The van der Waals surface area contributed by atoms with Crippen LogP contribution >= 0.6 is 34.5 Å². The summed E-state index contributed by atoms with van der Waals surface area (Å²) >= 11 is 13.6. The molecule has 0 radical (unpaired) electrons. The molecule has 7 heteroatoms. The zero-order chi connectivity index (χ0) is 17.8. The molecule has 2 aromatic rings. The molecule has 134 valence electrons. The van der Waals surface area contributed by atoms with Gasteiger partial charge in [-0.15, -0.1) is 11.3 Å². The van der Waals surface area contributed by atoms with Crippen LogP contribution in [0.3, 0.4) is 0 Å². The van der Waals surface area contributed by atoms with Crippen molar-refractivity contribution in [2.24, 2.45) is 0 Å². The molecule has 0 atom stereocenters. The van der Waals surface area contributed by atoms with Crippen molar-refractivity contribution >= 4 is 51.3 Å². The topological polar surface area (TPSA) is 37.6 Å². The zero-order valence-corrected chi connectivity index (χ0v) is 16.6. The van der Waals surface area contributed by atoms with E-state index in [0.29, 0.717) is 20.9 Å². The van der Waals surface area contributed by atoms with E-state index in [4.69, 9.17) is 28.2 Å². The van der Waals surface area contributed by atoms with Crippen LogP contribution in [0.15, 0.2) is 23.6 Å². The Kier molecular flexibility index (Phi) is 6.34. The maximum atomic E-state index is 12.2. The maximum absolute atomic E-state index is 12.2. The maximum Gasteiger partial charge on any atom is 0.230 e. The molecule has 0 bridgehead atoms. The number of carbonyl (C=O) groups is 1. The summed E-state index contributed by atoms with van der Waals surface area (Å²) in [7, 11) is 0. The van der Waals surface area contributed by atoms with Crippen LogP contribution in [-0.4, -0.2) is 24.0 Å². The third-order valence-corrected chi connectivity index (χ3v) is 6.06. The lowest BCUT2D eigenvalue weighted by atomic mass is 10.2. The van der Waals surface area contributed by atoms with Gasteiger partial charge in [0, 0.05) is 12.3 Å². The highest BCUT2D eigenvalue weighted by Gasteiger charge is 2.21. The predicted octanol–water partition coefficient (Wildman–Crippen LogP) is 4.09. The van der Waals surface area contributed by atoms with Crippen molar-refractivity contribution in [3.8, 4) is 0 Å². The Labute approximate surface area is 162 Å². The molecule has 4 nitrogen and oxygen atoms in total. The van der Waals surface area contributed by atoms with E-state index in [-0.39, 0.29) is 5.91 Å². The van der Waals surface area contributed by atoms with E-state index < -0.39 is 0 Å². The molecule has 0 aliphatic carbocycles. The van der Waals surface area contributed by atoms with Crippen LogP contribution in [0.5, 0.6) is 0 Å². The zero-order valence-electron chi connectivity index (χ0n) is 14.2. The number of hydrogen-bond acceptors (Lipinski definition) is 3. The predicted molar refractivity (Wildman–Crippen MR) is 104 cm³/mol. The number of likely N-dealkylation sites (tertiary alicyclic amines) is 1. The Morgan fingerprint density at radius 2 is 1.92 bits per heavy atom. The lowest BCUT2D eigenvalue weighted by Gasteiger charge is -2.19. The van der Waals surface area contributed by atoms with Crippen molar-refractivity contribution in [3.63, 3.8) is 0 Å². The fourth-order valence-electron chi connectivity index (χ4n) is 3.19. The summed E-state index contributed by atoms with van der Waals surface area (Å²) in [6.07, 6.45) is 5.24. The number of anilines is 2. The van der Waals surface area contributed by atoms with Crippen molar-refractivity contribution < 1.29 is 9.69 Å². The molecular weight excluding hydrogens is 377 g/mol. The minimum absolute atomic E-state index is 0.0959. The molecule has 1 saturated heterocycles. The van der Waals surface area contributed by atoms with Gasteiger partial charge in [0.05, 0.1) is 28.8 Å². The minimum atomic E-state index is -0.0959. The quantitative estimate of drug-likeness (QED) is 0.841. The number of benzene rings is 1. The second-order valence-electron chi connectivity index (χ2n) is 6.42. The Bertz CT molecular complexity index is 742. The normalized spacial score (nSPS) is 15.8. The Balaban J connectivity index is 1.79. The third-order valence-electron chi connectivity index (χ3n) is 4.45. The first kappa shape index (κ1) is 18.6. The van der Waals surface area contributed by atoms with Gasteiger partial charge in [-0.1, -0.05) is 23.2 Å². The Hall–Kier alpha value is -1.14. The lowest BCUT2D eigenvalue weighted by molar-refractivity contribution is -0.913. The van der Waals surface area contributed by atoms with E-state index in [2.05, 4.69) is 5.38 Å². The molecule has 0 unspecified atom stereocenters. The van der Waals surface area contributed by atoms with Crippen LogP contribution in [0, 0.1) is 0 Å². The van der Waals surface area contributed by atoms with E-state index >= 15 is 0 Å². The van der Waals surface area contributed by atoms with E-state index in [0.717, 1.165) is 12.2 Å². The number of rotatable bonds is 4. The van der Waals surface area contributed by atoms with Gasteiger partial charge in [-0.2, -0.15) is 0 Å². The summed E-state index contributed by atoms with van der Waals surface area (Å²) in [6, 6.07) is 5.19. The molecule has 1 fully saturated rings. The molecule has 1 aliphatic rings. The van der Waals surface area contributed by atoms with Gasteiger partial charge in [0.15, 0.2) is 5.13 Å². The summed E-state index contributed by atoms with van der Waals surface area (Å²) < 4.78 is 0. The molecule has 0 spiro atoms. The van der Waals surface area contributed by atoms with Gasteiger partial charge in [-0.25, -0.2) is 4.98 Å². The van der Waals surface area contributed by atoms with Crippen LogP contribution in [0.1, 0.15) is 38.3 Å². The fourth-order valence-corrected chi connectivity index (χ4v) is 4.37. The Morgan fingerprint density at radius 3 is 2.56 bits per heavy atom. The molecule has 1 N–H and O–H groups in total. The van der Waals surface area contributed by atoms with Crippen molar-refractivity contribution in [2.45, 2.75) is 39.2 Å². The number of nitrogens with zero attached hydrogens (tertiary/aromatic N) is 2. The van der Waals surface area contributed by atoms with Crippen LogP contribution < -0.4 is 9.80 Å². The van der Waals surface area contributed by atoms with Crippen molar-refractivity contribution in [1.29, 1.82) is 0 Å². The van der Waals surface area contributed by atoms with Crippen molar-refractivity contribution in [3.05, 3.63) is 39.3 Å². The number of nitrogens with one attached hydrogen (secondary N) is 1. The number of halogens is 2. The van der Waals surface area contributed by atoms with Gasteiger partial charge >= 0.3 is 0 Å². The van der Waals surface area contributed by atoms with Crippen LogP contribution in [0.25, 0.3) is 0 Å². The lowest BCUT2D eigenvalue weighted by Crippen LogP contribution is -3.10. The number of aromatic nitrogens is 1. The highest BCUT2D eigenvalue weighted by atomic mass is 35.5. The van der Waals surface area contributed by atoms with Crippen LogP contribution in [0.2, 0.25) is 10.0 Å². The molecule has 1 aliphatic heterocycles. The Morgan fingerprint density at radius 1 is 1.20 bits per heavy atom.